The lowest BCUT2D eigenvalue weighted by Crippen LogP contribution is -2.23. The molecule has 1 unspecified atom stereocenters. The van der Waals surface area contributed by atoms with Crippen molar-refractivity contribution in [2.75, 3.05) is 6.61 Å². The van der Waals surface area contributed by atoms with Crippen LogP contribution >= 0.6 is 23.2 Å². The van der Waals surface area contributed by atoms with Crippen molar-refractivity contribution < 1.29 is 9.84 Å². The maximum absolute atomic E-state index is 10.5. The first-order chi connectivity index (χ1) is 12.6. The minimum atomic E-state index is -0.680. The zero-order valence-corrected chi connectivity index (χ0v) is 15.4. The van der Waals surface area contributed by atoms with Crippen molar-refractivity contribution in [1.29, 1.82) is 0 Å². The van der Waals surface area contributed by atoms with Crippen LogP contribution in [0.1, 0.15) is 0 Å². The molecule has 0 aliphatic heterocycles. The maximum atomic E-state index is 10.5. The number of hydrogen-bond donors (Lipinski definition) is 1. The van der Waals surface area contributed by atoms with Gasteiger partial charge in [-0.15, -0.1) is 0 Å². The summed E-state index contributed by atoms with van der Waals surface area (Å²) in [5.41, 5.74) is 2.19. The third kappa shape index (κ3) is 3.26. The van der Waals surface area contributed by atoms with E-state index in [4.69, 9.17) is 27.9 Å². The lowest BCUT2D eigenvalue weighted by molar-refractivity contribution is 0.0945. The summed E-state index contributed by atoms with van der Waals surface area (Å²) in [7, 11) is 0. The Kier molecular flexibility index (Phi) is 4.77. The van der Waals surface area contributed by atoms with Crippen LogP contribution in [0.2, 0.25) is 10.0 Å². The van der Waals surface area contributed by atoms with E-state index in [2.05, 4.69) is 28.8 Å². The van der Waals surface area contributed by atoms with E-state index in [1.54, 1.807) is 18.2 Å². The number of rotatable bonds is 5. The van der Waals surface area contributed by atoms with Gasteiger partial charge in [0.1, 0.15) is 18.5 Å². The molecule has 1 atom stereocenters. The first-order valence-corrected chi connectivity index (χ1v) is 9.11. The molecule has 26 heavy (non-hydrogen) atoms. The average Bonchev–Trinajstić information content (AvgIpc) is 2.95. The van der Waals surface area contributed by atoms with Gasteiger partial charge in [-0.25, -0.2) is 0 Å². The van der Waals surface area contributed by atoms with E-state index in [1.807, 2.05) is 24.3 Å². The molecule has 4 rings (SSSR count). The molecular weight excluding hydrogens is 369 g/mol. The van der Waals surface area contributed by atoms with E-state index in [1.165, 1.54) is 10.8 Å². The second-order valence-electron chi connectivity index (χ2n) is 6.18. The second-order valence-corrected chi connectivity index (χ2v) is 7.03. The van der Waals surface area contributed by atoms with Gasteiger partial charge >= 0.3 is 0 Å². The predicted octanol–water partition coefficient (Wildman–Crippen LogP) is 5.54. The minimum Gasteiger partial charge on any atom is -0.489 e. The fraction of sp³-hybridized carbons (Fsp3) is 0.143. The monoisotopic (exact) mass is 385 g/mol. The molecule has 1 heterocycles. The molecule has 4 aromatic rings. The molecular formula is C21H17Cl2NO2. The Balaban J connectivity index is 1.58. The number of benzene rings is 3. The van der Waals surface area contributed by atoms with Crippen molar-refractivity contribution in [2.24, 2.45) is 0 Å². The van der Waals surface area contributed by atoms with Gasteiger partial charge in [0, 0.05) is 26.8 Å². The van der Waals surface area contributed by atoms with Crippen LogP contribution in [-0.4, -0.2) is 22.4 Å². The molecule has 0 amide bonds. The van der Waals surface area contributed by atoms with Gasteiger partial charge in [-0.3, -0.25) is 0 Å². The van der Waals surface area contributed by atoms with Gasteiger partial charge in [0.2, 0.25) is 0 Å². The smallest absolute Gasteiger partial charge is 0.138 e. The highest BCUT2D eigenvalue weighted by Gasteiger charge is 2.14. The van der Waals surface area contributed by atoms with Crippen LogP contribution < -0.4 is 4.74 Å². The third-order valence-corrected chi connectivity index (χ3v) is 4.93. The normalized spacial score (nSPS) is 12.6. The van der Waals surface area contributed by atoms with Crippen LogP contribution in [0.15, 0.2) is 66.7 Å². The van der Waals surface area contributed by atoms with E-state index in [-0.39, 0.29) is 6.61 Å². The number of aliphatic hydroxyl groups excluding tert-OH is 1. The summed E-state index contributed by atoms with van der Waals surface area (Å²) in [5, 5.41) is 13.9. The van der Waals surface area contributed by atoms with Gasteiger partial charge in [-0.1, -0.05) is 59.6 Å². The Morgan fingerprint density at radius 1 is 0.885 bits per heavy atom. The third-order valence-electron chi connectivity index (χ3n) is 4.40. The van der Waals surface area contributed by atoms with Crippen molar-refractivity contribution >= 4 is 45.0 Å². The molecule has 0 saturated carbocycles. The molecule has 132 valence electrons. The van der Waals surface area contributed by atoms with Gasteiger partial charge < -0.3 is 14.4 Å². The van der Waals surface area contributed by atoms with Gasteiger partial charge in [0.15, 0.2) is 0 Å². The van der Waals surface area contributed by atoms with Crippen LogP contribution in [0.5, 0.6) is 5.75 Å². The largest absolute Gasteiger partial charge is 0.489 e. The number of aromatic nitrogens is 1. The molecule has 1 aromatic heterocycles. The topological polar surface area (TPSA) is 34.4 Å². The first kappa shape index (κ1) is 17.2. The SMILES string of the molecule is OC(COc1ccc(Cl)cc1Cl)Cn1c2ccccc2c2ccccc21. The molecule has 3 nitrogen and oxygen atoms in total. The average molecular weight is 386 g/mol. The zero-order chi connectivity index (χ0) is 18.1. The van der Waals surface area contributed by atoms with Crippen molar-refractivity contribution in [2.45, 2.75) is 12.6 Å². The number of aliphatic hydroxyl groups is 1. The van der Waals surface area contributed by atoms with E-state index < -0.39 is 6.10 Å². The van der Waals surface area contributed by atoms with Crippen molar-refractivity contribution in [3.05, 3.63) is 76.8 Å². The first-order valence-electron chi connectivity index (χ1n) is 8.35. The Hall–Kier alpha value is -2.20. The molecule has 3 aromatic carbocycles. The molecule has 1 N–H and O–H groups in total. The molecule has 0 saturated heterocycles. The van der Waals surface area contributed by atoms with Crippen molar-refractivity contribution in [3.63, 3.8) is 0 Å². The summed E-state index contributed by atoms with van der Waals surface area (Å²) >= 11 is 12.0. The summed E-state index contributed by atoms with van der Waals surface area (Å²) < 4.78 is 7.80. The van der Waals surface area contributed by atoms with Crippen LogP contribution in [0, 0.1) is 0 Å². The number of ether oxygens (including phenoxy) is 1. The van der Waals surface area contributed by atoms with Crippen LogP contribution in [0.4, 0.5) is 0 Å². The lowest BCUT2D eigenvalue weighted by Gasteiger charge is -2.15. The van der Waals surface area contributed by atoms with E-state index in [0.717, 1.165) is 11.0 Å². The van der Waals surface area contributed by atoms with Gasteiger partial charge in [-0.05, 0) is 30.3 Å². The van der Waals surface area contributed by atoms with Gasteiger partial charge in [-0.2, -0.15) is 0 Å². The maximum Gasteiger partial charge on any atom is 0.138 e. The lowest BCUT2D eigenvalue weighted by atomic mass is 10.2. The van der Waals surface area contributed by atoms with Gasteiger partial charge in [0.05, 0.1) is 11.6 Å². The fourth-order valence-corrected chi connectivity index (χ4v) is 3.70. The Morgan fingerprint density at radius 2 is 1.50 bits per heavy atom. The highest BCUT2D eigenvalue weighted by molar-refractivity contribution is 6.35. The number of halogens is 2. The van der Waals surface area contributed by atoms with Crippen molar-refractivity contribution in [1.82, 2.24) is 4.57 Å². The number of nitrogens with zero attached hydrogens (tertiary/aromatic N) is 1. The van der Waals surface area contributed by atoms with E-state index in [9.17, 15) is 5.11 Å². The van der Waals surface area contributed by atoms with Crippen LogP contribution in [0.25, 0.3) is 21.8 Å². The van der Waals surface area contributed by atoms with Gasteiger partial charge in [0.25, 0.3) is 0 Å². The summed E-state index contributed by atoms with van der Waals surface area (Å²) in [6.45, 7) is 0.571. The molecule has 5 heteroatoms. The van der Waals surface area contributed by atoms with E-state index >= 15 is 0 Å². The van der Waals surface area contributed by atoms with Crippen molar-refractivity contribution in [3.8, 4) is 5.75 Å². The fourth-order valence-electron chi connectivity index (χ4n) is 3.24. The molecule has 0 bridgehead atoms. The Bertz CT molecular complexity index is 1020. The minimum absolute atomic E-state index is 0.141. The summed E-state index contributed by atoms with van der Waals surface area (Å²) in [6.07, 6.45) is -0.680. The molecule has 0 fully saturated rings. The highest BCUT2D eigenvalue weighted by Crippen LogP contribution is 2.30. The summed E-state index contributed by atoms with van der Waals surface area (Å²) in [6, 6.07) is 21.5. The summed E-state index contributed by atoms with van der Waals surface area (Å²) in [4.78, 5) is 0. The molecule has 0 aliphatic rings. The quantitative estimate of drug-likeness (QED) is 0.489. The predicted molar refractivity (Wildman–Crippen MR) is 107 cm³/mol. The summed E-state index contributed by atoms with van der Waals surface area (Å²) in [5.74, 6) is 0.511. The Morgan fingerprint density at radius 3 is 2.12 bits per heavy atom. The zero-order valence-electron chi connectivity index (χ0n) is 13.9. The Labute approximate surface area is 161 Å². The van der Waals surface area contributed by atoms with E-state index in [0.29, 0.717) is 22.3 Å². The highest BCUT2D eigenvalue weighted by atomic mass is 35.5. The molecule has 0 spiro atoms. The molecule has 0 aliphatic carbocycles. The molecule has 0 radical (unpaired) electrons. The second kappa shape index (κ2) is 7.20. The van der Waals surface area contributed by atoms with Crippen LogP contribution in [0.3, 0.4) is 0 Å². The number of para-hydroxylation sites is 2. The number of fused-ring (bicyclic) bond motifs is 3. The van der Waals surface area contributed by atoms with Crippen LogP contribution in [-0.2, 0) is 6.54 Å². The standard InChI is InChI=1S/C21H17Cl2NO2/c22-14-9-10-21(18(23)11-14)26-13-15(25)12-24-19-7-3-1-5-16(19)17-6-2-4-8-20(17)24/h1-11,15,25H,12-13H2. The number of hydrogen-bond acceptors (Lipinski definition) is 2.